The Kier molecular flexibility index (Phi) is 6.79. The first-order valence-electron chi connectivity index (χ1n) is 7.56. The van der Waals surface area contributed by atoms with E-state index in [2.05, 4.69) is 27.3 Å². The minimum atomic E-state index is -0.0915. The summed E-state index contributed by atoms with van der Waals surface area (Å²) >= 11 is 3.38. The van der Waals surface area contributed by atoms with Gasteiger partial charge in [0.2, 0.25) is 0 Å². The standard InChI is InChI=1S/C18H18BrN3O2/c1-22(9-10-24-17-7-5-15(19)6-8-17)13-18(23)21-16-4-2-3-14(11-16)12-20/h2-8,11H,9-10,13H2,1H3,(H,21,23)/p+1. The average Bonchev–Trinajstić information content (AvgIpc) is 2.56. The molecule has 2 rings (SSSR count). The van der Waals surface area contributed by atoms with Crippen LogP contribution >= 0.6 is 15.9 Å². The van der Waals surface area contributed by atoms with E-state index < -0.39 is 0 Å². The van der Waals surface area contributed by atoms with Crippen molar-refractivity contribution in [2.24, 2.45) is 0 Å². The van der Waals surface area contributed by atoms with Crippen LogP contribution in [0.15, 0.2) is 53.0 Å². The van der Waals surface area contributed by atoms with E-state index >= 15 is 0 Å². The quantitative estimate of drug-likeness (QED) is 0.760. The maximum atomic E-state index is 12.0. The molecule has 24 heavy (non-hydrogen) atoms. The van der Waals surface area contributed by atoms with E-state index in [0.717, 1.165) is 15.1 Å². The van der Waals surface area contributed by atoms with Crippen molar-refractivity contribution in [3.63, 3.8) is 0 Å². The summed E-state index contributed by atoms with van der Waals surface area (Å²) in [6, 6.07) is 16.6. The molecular weight excluding hydrogens is 370 g/mol. The van der Waals surface area contributed by atoms with Gasteiger partial charge < -0.3 is 15.0 Å². The van der Waals surface area contributed by atoms with E-state index in [1.54, 1.807) is 24.3 Å². The Morgan fingerprint density at radius 3 is 2.75 bits per heavy atom. The highest BCUT2D eigenvalue weighted by atomic mass is 79.9. The number of benzene rings is 2. The third kappa shape index (κ3) is 6.03. The largest absolute Gasteiger partial charge is 0.488 e. The van der Waals surface area contributed by atoms with Crippen molar-refractivity contribution in [1.82, 2.24) is 0 Å². The van der Waals surface area contributed by atoms with Crippen LogP contribution in [0.4, 0.5) is 5.69 Å². The number of likely N-dealkylation sites (N-methyl/N-ethyl adjacent to an activating group) is 1. The SMILES string of the molecule is C[NH+](CCOc1ccc(Br)cc1)CC(=O)Nc1cccc(C#N)c1. The molecule has 0 aliphatic carbocycles. The zero-order chi connectivity index (χ0) is 17.4. The molecular formula is C18H19BrN3O2+. The number of amides is 1. The topological polar surface area (TPSA) is 66.6 Å². The second-order valence-corrected chi connectivity index (χ2v) is 6.34. The molecule has 6 heteroatoms. The van der Waals surface area contributed by atoms with E-state index in [9.17, 15) is 4.79 Å². The molecule has 124 valence electrons. The first kappa shape index (κ1) is 18.0. The molecule has 1 unspecified atom stereocenters. The van der Waals surface area contributed by atoms with Crippen molar-refractivity contribution in [2.75, 3.05) is 32.1 Å². The predicted octanol–water partition coefficient (Wildman–Crippen LogP) is 1.85. The molecule has 0 heterocycles. The number of anilines is 1. The molecule has 1 atom stereocenters. The third-order valence-corrected chi connectivity index (χ3v) is 3.88. The summed E-state index contributed by atoms with van der Waals surface area (Å²) < 4.78 is 6.66. The summed E-state index contributed by atoms with van der Waals surface area (Å²) in [7, 11) is 1.94. The highest BCUT2D eigenvalue weighted by Gasteiger charge is 2.10. The van der Waals surface area contributed by atoms with Gasteiger partial charge >= 0.3 is 0 Å². The molecule has 5 nitrogen and oxygen atoms in total. The fourth-order valence-electron chi connectivity index (χ4n) is 2.11. The Balaban J connectivity index is 1.73. The van der Waals surface area contributed by atoms with Crippen LogP contribution in [0.2, 0.25) is 0 Å². The van der Waals surface area contributed by atoms with Crippen molar-refractivity contribution in [3.8, 4) is 11.8 Å². The number of carbonyl (C=O) groups is 1. The number of hydrogen-bond acceptors (Lipinski definition) is 3. The molecule has 1 amide bonds. The highest BCUT2D eigenvalue weighted by Crippen LogP contribution is 2.15. The highest BCUT2D eigenvalue weighted by molar-refractivity contribution is 9.10. The Bertz CT molecular complexity index is 726. The molecule has 0 aromatic heterocycles. The van der Waals surface area contributed by atoms with E-state index in [1.165, 1.54) is 0 Å². The fourth-order valence-corrected chi connectivity index (χ4v) is 2.37. The lowest BCUT2D eigenvalue weighted by atomic mass is 10.2. The summed E-state index contributed by atoms with van der Waals surface area (Å²) in [5.41, 5.74) is 1.16. The second kappa shape index (κ2) is 9.06. The van der Waals surface area contributed by atoms with Gasteiger partial charge in [0.1, 0.15) is 18.9 Å². The van der Waals surface area contributed by atoms with Crippen molar-refractivity contribution < 1.29 is 14.4 Å². The molecule has 0 bridgehead atoms. The summed E-state index contributed by atoms with van der Waals surface area (Å²) in [6.07, 6.45) is 0. The number of nitrogens with one attached hydrogen (secondary N) is 2. The first-order chi connectivity index (χ1) is 11.6. The minimum Gasteiger partial charge on any atom is -0.488 e. The molecule has 0 aliphatic heterocycles. The molecule has 2 aromatic rings. The van der Waals surface area contributed by atoms with Crippen molar-refractivity contribution in [1.29, 1.82) is 5.26 Å². The summed E-state index contributed by atoms with van der Waals surface area (Å²) in [5.74, 6) is 0.718. The maximum Gasteiger partial charge on any atom is 0.279 e. The zero-order valence-electron chi connectivity index (χ0n) is 13.4. The van der Waals surface area contributed by atoms with Gasteiger partial charge in [-0.3, -0.25) is 4.79 Å². The predicted molar refractivity (Wildman–Crippen MR) is 96.0 cm³/mol. The lowest BCUT2D eigenvalue weighted by Gasteiger charge is -2.14. The first-order valence-corrected chi connectivity index (χ1v) is 8.36. The van der Waals surface area contributed by atoms with Gasteiger partial charge in [-0.15, -0.1) is 0 Å². The monoisotopic (exact) mass is 388 g/mol. The van der Waals surface area contributed by atoms with Gasteiger partial charge in [-0.2, -0.15) is 5.26 Å². The van der Waals surface area contributed by atoms with Gasteiger partial charge in [-0.05, 0) is 42.5 Å². The number of nitriles is 1. The van der Waals surface area contributed by atoms with E-state index in [4.69, 9.17) is 10.00 Å². The number of hydrogen-bond donors (Lipinski definition) is 2. The normalized spacial score (nSPS) is 11.4. The number of halogens is 1. The molecule has 0 aliphatic rings. The molecule has 0 spiro atoms. The van der Waals surface area contributed by atoms with Crippen LogP contribution in [-0.2, 0) is 4.79 Å². The van der Waals surface area contributed by atoms with Crippen LogP contribution in [-0.4, -0.2) is 32.7 Å². The molecule has 0 fully saturated rings. The van der Waals surface area contributed by atoms with Crippen LogP contribution in [0.3, 0.4) is 0 Å². The summed E-state index contributed by atoms with van der Waals surface area (Å²) in [6.45, 7) is 1.58. The second-order valence-electron chi connectivity index (χ2n) is 5.43. The number of rotatable bonds is 7. The van der Waals surface area contributed by atoms with Crippen LogP contribution in [0.5, 0.6) is 5.75 Å². The summed E-state index contributed by atoms with van der Waals surface area (Å²) in [5, 5.41) is 11.7. The molecule has 0 saturated carbocycles. The Morgan fingerprint density at radius 1 is 1.29 bits per heavy atom. The van der Waals surface area contributed by atoms with Gasteiger partial charge in [-0.1, -0.05) is 22.0 Å². The van der Waals surface area contributed by atoms with Gasteiger partial charge in [0.05, 0.1) is 18.7 Å². The van der Waals surface area contributed by atoms with Crippen LogP contribution in [0, 0.1) is 11.3 Å². The van der Waals surface area contributed by atoms with E-state index in [-0.39, 0.29) is 5.91 Å². The van der Waals surface area contributed by atoms with Crippen LogP contribution in [0.1, 0.15) is 5.56 Å². The average molecular weight is 389 g/mol. The minimum absolute atomic E-state index is 0.0915. The van der Waals surface area contributed by atoms with E-state index in [1.807, 2.05) is 31.3 Å². The molecule has 2 aromatic carbocycles. The van der Waals surface area contributed by atoms with Crippen molar-refractivity contribution in [2.45, 2.75) is 0 Å². The Labute approximate surface area is 150 Å². The van der Waals surface area contributed by atoms with E-state index in [0.29, 0.717) is 30.9 Å². The molecule has 0 radical (unpaired) electrons. The van der Waals surface area contributed by atoms with Crippen molar-refractivity contribution in [3.05, 3.63) is 58.6 Å². The third-order valence-electron chi connectivity index (χ3n) is 3.35. The smallest absolute Gasteiger partial charge is 0.279 e. The molecule has 2 N–H and O–H groups in total. The van der Waals surface area contributed by atoms with Crippen LogP contribution in [0.25, 0.3) is 0 Å². The summed E-state index contributed by atoms with van der Waals surface area (Å²) in [4.78, 5) is 13.1. The lowest BCUT2D eigenvalue weighted by Crippen LogP contribution is -3.10. The Morgan fingerprint density at radius 2 is 2.04 bits per heavy atom. The number of quaternary nitrogens is 1. The lowest BCUT2D eigenvalue weighted by molar-refractivity contribution is -0.871. The van der Waals surface area contributed by atoms with Crippen molar-refractivity contribution >= 4 is 27.5 Å². The van der Waals surface area contributed by atoms with Crippen LogP contribution < -0.4 is 15.0 Å². The maximum absolute atomic E-state index is 12.0. The van der Waals surface area contributed by atoms with Gasteiger partial charge in [0, 0.05) is 10.2 Å². The molecule has 0 saturated heterocycles. The fraction of sp³-hybridized carbons (Fsp3) is 0.222. The zero-order valence-corrected chi connectivity index (χ0v) is 15.0. The number of nitrogens with zero attached hydrogens (tertiary/aromatic N) is 1. The Hall–Kier alpha value is -2.36. The number of ether oxygens (including phenoxy) is 1. The van der Waals surface area contributed by atoms with Gasteiger partial charge in [0.15, 0.2) is 6.54 Å². The number of carbonyl (C=O) groups excluding carboxylic acids is 1. The van der Waals surface area contributed by atoms with Gasteiger partial charge in [0.25, 0.3) is 5.91 Å². The van der Waals surface area contributed by atoms with Gasteiger partial charge in [-0.25, -0.2) is 0 Å².